The Kier molecular flexibility index (Phi) is 2.98. The number of imidazole rings is 1. The number of hydrogen-bond acceptors (Lipinski definition) is 2. The van der Waals surface area contributed by atoms with Crippen molar-refractivity contribution in [3.05, 3.63) is 47.8 Å². The molecule has 6 heteroatoms. The van der Waals surface area contributed by atoms with E-state index in [-0.39, 0.29) is 17.0 Å². The van der Waals surface area contributed by atoms with E-state index in [1.165, 1.54) is 12.1 Å². The van der Waals surface area contributed by atoms with Crippen molar-refractivity contribution in [2.75, 3.05) is 11.4 Å². The van der Waals surface area contributed by atoms with E-state index in [0.29, 0.717) is 18.7 Å². The first-order valence-corrected chi connectivity index (χ1v) is 6.28. The van der Waals surface area contributed by atoms with Gasteiger partial charge < -0.3 is 9.47 Å². The molecule has 0 saturated carbocycles. The van der Waals surface area contributed by atoms with Crippen LogP contribution in [0, 0.1) is 5.82 Å². The van der Waals surface area contributed by atoms with E-state index in [0.717, 1.165) is 0 Å². The van der Waals surface area contributed by atoms with E-state index in [4.69, 9.17) is 11.6 Å². The maximum absolute atomic E-state index is 13.4. The molecule has 0 radical (unpaired) electrons. The van der Waals surface area contributed by atoms with Crippen LogP contribution in [0.1, 0.15) is 12.5 Å². The molecule has 0 spiro atoms. The lowest BCUT2D eigenvalue weighted by atomic mass is 10.2. The standard InChI is InChI=1S/C13H11ClFN3O/c14-10-2-1-9(7-11(10)15)18-5-3-12(13(18)19)17-6-4-16-8-17/h1-2,4,6-8,12H,3,5H2. The van der Waals surface area contributed by atoms with Gasteiger partial charge in [0.25, 0.3) is 0 Å². The Morgan fingerprint density at radius 3 is 2.95 bits per heavy atom. The second kappa shape index (κ2) is 4.66. The number of hydrogen-bond donors (Lipinski definition) is 0. The maximum atomic E-state index is 13.4. The van der Waals surface area contributed by atoms with E-state index < -0.39 is 5.82 Å². The summed E-state index contributed by atoms with van der Waals surface area (Å²) in [6.07, 6.45) is 5.69. The Balaban J connectivity index is 1.87. The quantitative estimate of drug-likeness (QED) is 0.848. The summed E-state index contributed by atoms with van der Waals surface area (Å²) in [6, 6.07) is 4.14. The average Bonchev–Trinajstić information content (AvgIpc) is 3.02. The Morgan fingerprint density at radius 2 is 2.26 bits per heavy atom. The van der Waals surface area contributed by atoms with Crippen LogP contribution in [0.5, 0.6) is 0 Å². The minimum Gasteiger partial charge on any atom is -0.325 e. The smallest absolute Gasteiger partial charge is 0.250 e. The van der Waals surface area contributed by atoms with E-state index in [9.17, 15) is 9.18 Å². The molecule has 0 aliphatic carbocycles. The van der Waals surface area contributed by atoms with Gasteiger partial charge in [-0.05, 0) is 24.6 Å². The molecule has 1 saturated heterocycles. The molecule has 1 aliphatic rings. The first kappa shape index (κ1) is 12.2. The van der Waals surface area contributed by atoms with Crippen molar-refractivity contribution in [3.63, 3.8) is 0 Å². The topological polar surface area (TPSA) is 38.1 Å². The van der Waals surface area contributed by atoms with Gasteiger partial charge in [-0.1, -0.05) is 11.6 Å². The number of halogens is 2. The molecular formula is C13H11ClFN3O. The predicted molar refractivity (Wildman–Crippen MR) is 69.6 cm³/mol. The molecule has 1 aliphatic heterocycles. The SMILES string of the molecule is O=C1C(n2ccnc2)CCN1c1ccc(Cl)c(F)c1. The number of carbonyl (C=O) groups excluding carboxylic acids is 1. The molecule has 2 heterocycles. The van der Waals surface area contributed by atoms with Gasteiger partial charge in [-0.2, -0.15) is 0 Å². The zero-order valence-corrected chi connectivity index (χ0v) is 10.7. The van der Waals surface area contributed by atoms with Crippen LogP contribution >= 0.6 is 11.6 Å². The van der Waals surface area contributed by atoms with E-state index in [1.54, 1.807) is 34.3 Å². The number of nitrogens with zero attached hydrogens (tertiary/aromatic N) is 3. The second-order valence-electron chi connectivity index (χ2n) is 4.40. The number of benzene rings is 1. The molecule has 1 fully saturated rings. The number of carbonyl (C=O) groups is 1. The third-order valence-corrected chi connectivity index (χ3v) is 3.58. The largest absolute Gasteiger partial charge is 0.325 e. The van der Waals surface area contributed by atoms with Crippen molar-refractivity contribution < 1.29 is 9.18 Å². The molecule has 0 N–H and O–H groups in total. The highest BCUT2D eigenvalue weighted by Gasteiger charge is 2.33. The first-order chi connectivity index (χ1) is 9.16. The number of rotatable bonds is 2. The summed E-state index contributed by atoms with van der Waals surface area (Å²) in [4.78, 5) is 17.8. The average molecular weight is 280 g/mol. The van der Waals surface area contributed by atoms with Gasteiger partial charge >= 0.3 is 0 Å². The van der Waals surface area contributed by atoms with Gasteiger partial charge in [-0.25, -0.2) is 9.37 Å². The molecule has 3 rings (SSSR count). The van der Waals surface area contributed by atoms with Gasteiger partial charge in [0.1, 0.15) is 11.9 Å². The van der Waals surface area contributed by atoms with Crippen molar-refractivity contribution in [2.24, 2.45) is 0 Å². The summed E-state index contributed by atoms with van der Waals surface area (Å²) in [6.45, 7) is 0.558. The lowest BCUT2D eigenvalue weighted by Crippen LogP contribution is -2.28. The fourth-order valence-electron chi connectivity index (χ4n) is 2.30. The van der Waals surface area contributed by atoms with Crippen molar-refractivity contribution in [3.8, 4) is 0 Å². The highest BCUT2D eigenvalue weighted by molar-refractivity contribution is 6.30. The molecule has 4 nitrogen and oxygen atoms in total. The van der Waals surface area contributed by atoms with Gasteiger partial charge in [0, 0.05) is 24.6 Å². The molecule has 98 valence electrons. The summed E-state index contributed by atoms with van der Waals surface area (Å²) in [5.74, 6) is -0.572. The Hall–Kier alpha value is -1.88. The summed E-state index contributed by atoms with van der Waals surface area (Å²) in [5, 5.41) is 0.0570. The van der Waals surface area contributed by atoms with Gasteiger partial charge in [0.15, 0.2) is 0 Å². The Bertz CT molecular complexity index is 614. The van der Waals surface area contributed by atoms with Crippen LogP contribution in [-0.2, 0) is 4.79 Å². The molecule has 1 amide bonds. The second-order valence-corrected chi connectivity index (χ2v) is 4.81. The van der Waals surface area contributed by atoms with Crippen LogP contribution in [-0.4, -0.2) is 22.0 Å². The summed E-state index contributed by atoms with van der Waals surface area (Å²) >= 11 is 5.64. The monoisotopic (exact) mass is 279 g/mol. The first-order valence-electron chi connectivity index (χ1n) is 5.90. The van der Waals surface area contributed by atoms with Crippen LogP contribution in [0.25, 0.3) is 0 Å². The molecule has 2 aromatic rings. The zero-order valence-electron chi connectivity index (χ0n) is 9.96. The van der Waals surface area contributed by atoms with E-state index >= 15 is 0 Å². The molecule has 1 aromatic heterocycles. The van der Waals surface area contributed by atoms with Crippen LogP contribution in [0.15, 0.2) is 36.9 Å². The fraction of sp³-hybridized carbons (Fsp3) is 0.231. The number of anilines is 1. The van der Waals surface area contributed by atoms with Crippen molar-refractivity contribution >= 4 is 23.2 Å². The third kappa shape index (κ3) is 2.10. The molecule has 1 unspecified atom stereocenters. The van der Waals surface area contributed by atoms with E-state index in [1.807, 2.05) is 0 Å². The van der Waals surface area contributed by atoms with Gasteiger partial charge in [-0.3, -0.25) is 4.79 Å². The van der Waals surface area contributed by atoms with Crippen LogP contribution in [0.3, 0.4) is 0 Å². The minimum absolute atomic E-state index is 0.0558. The highest BCUT2D eigenvalue weighted by atomic mass is 35.5. The van der Waals surface area contributed by atoms with E-state index in [2.05, 4.69) is 4.98 Å². The van der Waals surface area contributed by atoms with Crippen LogP contribution in [0.4, 0.5) is 10.1 Å². The Labute approximate surface area is 114 Å². The van der Waals surface area contributed by atoms with Crippen LogP contribution in [0.2, 0.25) is 5.02 Å². The normalized spacial score (nSPS) is 19.2. The lowest BCUT2D eigenvalue weighted by Gasteiger charge is -2.17. The number of aromatic nitrogens is 2. The molecule has 19 heavy (non-hydrogen) atoms. The summed E-state index contributed by atoms with van der Waals surface area (Å²) < 4.78 is 15.2. The number of amides is 1. The van der Waals surface area contributed by atoms with Crippen molar-refractivity contribution in [2.45, 2.75) is 12.5 Å². The summed E-state index contributed by atoms with van der Waals surface area (Å²) in [5.41, 5.74) is 0.537. The fourth-order valence-corrected chi connectivity index (χ4v) is 2.42. The Morgan fingerprint density at radius 1 is 1.42 bits per heavy atom. The highest BCUT2D eigenvalue weighted by Crippen LogP contribution is 2.30. The molecule has 1 atom stereocenters. The molecule has 1 aromatic carbocycles. The van der Waals surface area contributed by atoms with Crippen LogP contribution < -0.4 is 4.90 Å². The van der Waals surface area contributed by atoms with Crippen molar-refractivity contribution in [1.29, 1.82) is 0 Å². The lowest BCUT2D eigenvalue weighted by molar-refractivity contribution is -0.119. The third-order valence-electron chi connectivity index (χ3n) is 3.28. The maximum Gasteiger partial charge on any atom is 0.250 e. The van der Waals surface area contributed by atoms with Crippen molar-refractivity contribution in [1.82, 2.24) is 9.55 Å². The van der Waals surface area contributed by atoms with Gasteiger partial charge in [0.05, 0.1) is 11.3 Å². The van der Waals surface area contributed by atoms with Gasteiger partial charge in [-0.15, -0.1) is 0 Å². The predicted octanol–water partition coefficient (Wildman–Crippen LogP) is 2.65. The van der Waals surface area contributed by atoms with Gasteiger partial charge in [0.2, 0.25) is 5.91 Å². The zero-order chi connectivity index (χ0) is 13.4. The molecular weight excluding hydrogens is 269 g/mol. The molecule has 0 bridgehead atoms. The minimum atomic E-state index is -0.516. The summed E-state index contributed by atoms with van der Waals surface area (Å²) in [7, 11) is 0.